The zero-order valence-electron chi connectivity index (χ0n) is 14.3. The quantitative estimate of drug-likeness (QED) is 0.872. The van der Waals surface area contributed by atoms with E-state index in [1.54, 1.807) is 18.2 Å². The summed E-state index contributed by atoms with van der Waals surface area (Å²) in [4.78, 5) is 25.3. The third kappa shape index (κ3) is 2.63. The molecule has 1 spiro atoms. The van der Waals surface area contributed by atoms with Crippen LogP contribution in [0.15, 0.2) is 60.1 Å². The monoisotopic (exact) mass is 365 g/mol. The maximum atomic E-state index is 13.0. The van der Waals surface area contributed by atoms with E-state index in [0.717, 1.165) is 29.1 Å². The number of anilines is 1. The number of aromatic nitrogens is 2. The molecule has 2 N–H and O–H groups in total. The maximum Gasteiger partial charge on any atom is 0.229 e. The molecule has 1 aromatic carbocycles. The molecule has 2 unspecified atom stereocenters. The molecule has 7 heteroatoms. The molecular weight excluding hydrogens is 345 g/mol. The van der Waals surface area contributed by atoms with E-state index in [2.05, 4.69) is 31.7 Å². The van der Waals surface area contributed by atoms with Crippen LogP contribution in [0.25, 0.3) is 5.57 Å². The molecule has 2 aromatic rings. The van der Waals surface area contributed by atoms with Crippen molar-refractivity contribution in [2.75, 3.05) is 5.32 Å². The fourth-order valence-electron chi connectivity index (χ4n) is 3.84. The largest absolute Gasteiger partial charge is 0.350 e. The molecule has 1 aromatic heterocycles. The number of aliphatic imine (C=N–C) groups is 1. The molecule has 27 heavy (non-hydrogen) atoms. The Morgan fingerprint density at radius 2 is 2.19 bits per heavy atom. The lowest BCUT2D eigenvalue weighted by atomic mass is 9.90. The van der Waals surface area contributed by atoms with Crippen LogP contribution in [0.1, 0.15) is 20.5 Å². The van der Waals surface area contributed by atoms with Gasteiger partial charge in [0, 0.05) is 20.7 Å². The predicted octanol–water partition coefficient (Wildman–Crippen LogP) is 3.17. The van der Waals surface area contributed by atoms with Gasteiger partial charge in [-0.05, 0) is 36.2 Å². The van der Waals surface area contributed by atoms with Crippen molar-refractivity contribution in [1.29, 1.82) is 0 Å². The summed E-state index contributed by atoms with van der Waals surface area (Å²) in [6, 6.07) is 7.65. The lowest BCUT2D eigenvalue weighted by molar-refractivity contribution is -0.115. The highest BCUT2D eigenvalue weighted by molar-refractivity contribution is 6.08. The van der Waals surface area contributed by atoms with Crippen molar-refractivity contribution in [1.82, 2.24) is 15.3 Å². The molecule has 5 rings (SSSR count). The van der Waals surface area contributed by atoms with Crippen LogP contribution in [-0.2, 0) is 11.2 Å². The lowest BCUT2D eigenvalue weighted by Crippen LogP contribution is -2.31. The van der Waals surface area contributed by atoms with Crippen LogP contribution < -0.4 is 10.6 Å². The Morgan fingerprint density at radius 3 is 3.04 bits per heavy atom. The van der Waals surface area contributed by atoms with Gasteiger partial charge in [0.1, 0.15) is 23.8 Å². The van der Waals surface area contributed by atoms with E-state index in [1.165, 1.54) is 18.5 Å². The summed E-state index contributed by atoms with van der Waals surface area (Å²) in [5.41, 5.74) is 2.45. The van der Waals surface area contributed by atoms with Crippen molar-refractivity contribution in [3.63, 3.8) is 0 Å². The van der Waals surface area contributed by atoms with Crippen LogP contribution in [0, 0.1) is 17.2 Å². The number of rotatable bonds is 4. The maximum absolute atomic E-state index is 13.0. The number of benzene rings is 1. The lowest BCUT2D eigenvalue weighted by Gasteiger charge is -2.20. The van der Waals surface area contributed by atoms with Crippen LogP contribution in [0.5, 0.6) is 0 Å². The fraction of sp³-hybridized carbons (Fsp3) is 0.200. The number of hydrogen-bond acceptors (Lipinski definition) is 5. The van der Waals surface area contributed by atoms with E-state index in [1.807, 2.05) is 12.4 Å². The van der Waals surface area contributed by atoms with E-state index in [0.29, 0.717) is 11.7 Å². The van der Waals surface area contributed by atoms with Crippen molar-refractivity contribution in [3.05, 3.63) is 72.2 Å². The summed E-state index contributed by atoms with van der Waals surface area (Å²) in [6.07, 6.45) is 8.55. The van der Waals surface area contributed by atoms with E-state index < -0.39 is 0 Å². The zero-order valence-corrected chi connectivity index (χ0v) is 14.3. The fourth-order valence-corrected chi connectivity index (χ4v) is 3.84. The third-order valence-corrected chi connectivity index (χ3v) is 5.28. The van der Waals surface area contributed by atoms with Crippen LogP contribution >= 0.6 is 0 Å². The Bertz CT molecular complexity index is 1040. The second kappa shape index (κ2) is 5.84. The average Bonchev–Trinajstić information content (AvgIpc) is 3.29. The number of carbonyl (C=O) groups is 1. The molecular formula is C20H20FN5O. The van der Waals surface area contributed by atoms with Gasteiger partial charge in [0.05, 0.1) is 17.5 Å². The van der Waals surface area contributed by atoms with E-state index in [4.69, 9.17) is 0 Å². The first-order valence-electron chi connectivity index (χ1n) is 8.74. The molecule has 2 atom stereocenters. The number of nitrogens with one attached hydrogen (secondary N) is 2. The Hall–Kier alpha value is -3.35. The number of hydrogen-bond donors (Lipinski definition) is 2. The molecule has 1 amide bonds. The highest BCUT2D eigenvalue weighted by Crippen LogP contribution is 2.64. The number of nitrogens with zero attached hydrogens (tertiary/aromatic N) is 3. The van der Waals surface area contributed by atoms with Gasteiger partial charge in [-0.25, -0.2) is 19.4 Å². The van der Waals surface area contributed by atoms with Crippen LogP contribution in [0.3, 0.4) is 0 Å². The predicted molar refractivity (Wildman–Crippen MR) is 103 cm³/mol. The van der Waals surface area contributed by atoms with Crippen LogP contribution in [0.2, 0.25) is 0 Å². The van der Waals surface area contributed by atoms with Crippen molar-refractivity contribution >= 4 is 23.1 Å². The normalized spacial score (nSPS) is 24.3. The van der Waals surface area contributed by atoms with Gasteiger partial charge < -0.3 is 10.6 Å². The minimum absolute atomic E-state index is 0. The number of halogens is 1. The molecule has 1 saturated carbocycles. The SMILES string of the molecule is O=C(Cc1ccc(F)cc1)Nc1cc(C2=CN=C3NC=CC4CC234)ncn1.[HH].[HH]. The molecule has 0 bridgehead atoms. The second-order valence-corrected chi connectivity index (χ2v) is 6.95. The number of amidine groups is 1. The summed E-state index contributed by atoms with van der Waals surface area (Å²) in [6.45, 7) is 0. The van der Waals surface area contributed by atoms with Crippen molar-refractivity contribution in [2.45, 2.75) is 12.8 Å². The molecule has 6 nitrogen and oxygen atoms in total. The Labute approximate surface area is 157 Å². The van der Waals surface area contributed by atoms with Crippen molar-refractivity contribution < 1.29 is 12.0 Å². The van der Waals surface area contributed by atoms with Gasteiger partial charge in [-0.1, -0.05) is 18.2 Å². The molecule has 138 valence electrons. The number of amides is 1. The topological polar surface area (TPSA) is 79.3 Å². The highest BCUT2D eigenvalue weighted by atomic mass is 19.1. The first-order valence-corrected chi connectivity index (χ1v) is 8.74. The summed E-state index contributed by atoms with van der Waals surface area (Å²) < 4.78 is 13.0. The van der Waals surface area contributed by atoms with Gasteiger partial charge in [-0.15, -0.1) is 0 Å². The molecule has 2 aliphatic heterocycles. The van der Waals surface area contributed by atoms with Crippen molar-refractivity contribution in [3.8, 4) is 0 Å². The smallest absolute Gasteiger partial charge is 0.229 e. The van der Waals surface area contributed by atoms with E-state index in [9.17, 15) is 9.18 Å². The average molecular weight is 365 g/mol. The Balaban J connectivity index is 0.00000120. The third-order valence-electron chi connectivity index (χ3n) is 5.28. The first-order chi connectivity index (χ1) is 13.1. The van der Waals surface area contributed by atoms with Gasteiger partial charge in [-0.3, -0.25) is 4.79 Å². The second-order valence-electron chi connectivity index (χ2n) is 6.95. The molecule has 1 aliphatic carbocycles. The molecule has 1 fully saturated rings. The number of carbonyl (C=O) groups excluding carboxylic acids is 1. The summed E-state index contributed by atoms with van der Waals surface area (Å²) in [5.74, 6) is 1.31. The Morgan fingerprint density at radius 1 is 1.33 bits per heavy atom. The van der Waals surface area contributed by atoms with E-state index in [-0.39, 0.29) is 26.4 Å². The van der Waals surface area contributed by atoms with Gasteiger partial charge in [0.25, 0.3) is 0 Å². The van der Waals surface area contributed by atoms with E-state index >= 15 is 0 Å². The van der Waals surface area contributed by atoms with Crippen LogP contribution in [0.4, 0.5) is 10.2 Å². The summed E-state index contributed by atoms with van der Waals surface area (Å²) in [5, 5.41) is 6.01. The van der Waals surface area contributed by atoms with Crippen LogP contribution in [-0.4, -0.2) is 21.7 Å². The van der Waals surface area contributed by atoms with Gasteiger partial charge in [0.2, 0.25) is 5.91 Å². The minimum Gasteiger partial charge on any atom is -0.350 e. The molecule has 0 saturated heterocycles. The molecule has 3 heterocycles. The molecule has 3 aliphatic rings. The molecule has 0 radical (unpaired) electrons. The van der Waals surface area contributed by atoms with Gasteiger partial charge >= 0.3 is 0 Å². The zero-order chi connectivity index (χ0) is 18.4. The summed E-state index contributed by atoms with van der Waals surface area (Å²) >= 11 is 0. The Kier molecular flexibility index (Phi) is 3.43. The van der Waals surface area contributed by atoms with Gasteiger partial charge in [-0.2, -0.15) is 0 Å². The standard InChI is InChI=1S/C20H16FN5O.2H2/c21-14-3-1-12(2-4-14)7-18(27)26-17-8-16(24-11-25-17)15-10-23-19-20(15)9-13(20)5-6-22-19;;/h1-6,8,10-11,13H,7,9H2,(H,22,23)(H,24,25,26,27);2*1H. The van der Waals surface area contributed by atoms with Gasteiger partial charge in [0.15, 0.2) is 0 Å². The highest BCUT2D eigenvalue weighted by Gasteiger charge is 2.62. The summed E-state index contributed by atoms with van der Waals surface area (Å²) in [7, 11) is 0. The number of allylic oxidation sites excluding steroid dienone is 1. The first kappa shape index (κ1) is 15.9. The minimum atomic E-state index is -0.323. The van der Waals surface area contributed by atoms with Crippen molar-refractivity contribution in [2.24, 2.45) is 16.3 Å².